The minimum Gasteiger partial charge on any atom is -0.419 e. The van der Waals surface area contributed by atoms with Crippen LogP contribution in [0.1, 0.15) is 13.8 Å². The van der Waals surface area contributed by atoms with Gasteiger partial charge in [-0.15, -0.1) is 0 Å². The van der Waals surface area contributed by atoms with Crippen LogP contribution >= 0.6 is 15.9 Å². The van der Waals surface area contributed by atoms with E-state index >= 15 is 0 Å². The normalized spacial score (nSPS) is 16.7. The predicted molar refractivity (Wildman–Crippen MR) is 84.7 cm³/mol. The van der Waals surface area contributed by atoms with Gasteiger partial charge in [0.25, 0.3) is 5.79 Å². The van der Waals surface area contributed by atoms with Gasteiger partial charge in [-0.25, -0.2) is 9.59 Å². The van der Waals surface area contributed by atoms with Gasteiger partial charge in [0.1, 0.15) is 5.82 Å². The van der Waals surface area contributed by atoms with E-state index in [1.165, 1.54) is 13.8 Å². The van der Waals surface area contributed by atoms with E-state index in [0.717, 1.165) is 4.47 Å². The number of nitrogens with zero attached hydrogens (tertiary/aromatic N) is 1. The van der Waals surface area contributed by atoms with Gasteiger partial charge in [0.05, 0.1) is 5.69 Å². The summed E-state index contributed by atoms with van der Waals surface area (Å²) in [6.07, 6.45) is 0. The van der Waals surface area contributed by atoms with Crippen LogP contribution in [0.25, 0.3) is 0 Å². The number of benzene rings is 1. The molecule has 1 fully saturated rings. The highest BCUT2D eigenvalue weighted by molar-refractivity contribution is 9.10. The molecule has 1 N–H and O–H groups in total. The van der Waals surface area contributed by atoms with Gasteiger partial charge in [-0.3, -0.25) is 0 Å². The number of nitrogens with one attached hydrogen (secondary N) is 1. The molecule has 0 unspecified atom stereocenters. The Bertz CT molecular complexity index is 631. The predicted octanol–water partition coefficient (Wildman–Crippen LogP) is 2.47. The number of para-hydroxylation sites is 1. The van der Waals surface area contributed by atoms with E-state index in [2.05, 4.69) is 21.2 Å². The van der Waals surface area contributed by atoms with Crippen molar-refractivity contribution in [3.63, 3.8) is 0 Å². The maximum Gasteiger partial charge on any atom is 0.352 e. The van der Waals surface area contributed by atoms with E-state index in [-0.39, 0.29) is 5.57 Å². The average molecular weight is 369 g/mol. The molecule has 2 rings (SSSR count). The summed E-state index contributed by atoms with van der Waals surface area (Å²) < 4.78 is 11.1. The van der Waals surface area contributed by atoms with E-state index < -0.39 is 17.7 Å². The first-order chi connectivity index (χ1) is 10.2. The van der Waals surface area contributed by atoms with Gasteiger partial charge in [0.2, 0.25) is 0 Å². The van der Waals surface area contributed by atoms with Crippen molar-refractivity contribution in [2.45, 2.75) is 19.6 Å². The number of hydrogen-bond donors (Lipinski definition) is 1. The molecule has 0 radical (unpaired) electrons. The lowest BCUT2D eigenvalue weighted by Gasteiger charge is -2.32. The highest BCUT2D eigenvalue weighted by Gasteiger charge is 2.41. The Balaban J connectivity index is 2.45. The molecule has 0 atom stereocenters. The van der Waals surface area contributed by atoms with E-state index in [1.54, 1.807) is 19.0 Å². The van der Waals surface area contributed by atoms with Crippen LogP contribution in [0.4, 0.5) is 5.69 Å². The number of hydrogen-bond acceptors (Lipinski definition) is 6. The summed E-state index contributed by atoms with van der Waals surface area (Å²) in [5.74, 6) is -2.39. The Morgan fingerprint density at radius 2 is 1.68 bits per heavy atom. The maximum absolute atomic E-state index is 12.2. The van der Waals surface area contributed by atoms with E-state index in [1.807, 2.05) is 24.3 Å². The molecule has 6 nitrogen and oxygen atoms in total. The standard InChI is InChI=1S/C15H17BrN2O4/c1-15(2)21-13(19)11(14(20)22-15)12(18(3)4)17-10-8-6-5-7-9(10)16/h5-8,17H,1-4H3. The van der Waals surface area contributed by atoms with Crippen LogP contribution in [0.3, 0.4) is 0 Å². The first-order valence-corrected chi connectivity index (χ1v) is 7.40. The largest absolute Gasteiger partial charge is 0.419 e. The summed E-state index contributed by atoms with van der Waals surface area (Å²) >= 11 is 3.41. The van der Waals surface area contributed by atoms with Gasteiger partial charge in [-0.2, -0.15) is 0 Å². The lowest BCUT2D eigenvalue weighted by atomic mass is 10.2. The molecule has 118 valence electrons. The number of ether oxygens (including phenoxy) is 2. The van der Waals surface area contributed by atoms with Gasteiger partial charge in [-0.05, 0) is 28.1 Å². The van der Waals surface area contributed by atoms with Gasteiger partial charge in [-0.1, -0.05) is 12.1 Å². The molecule has 1 aromatic carbocycles. The molecule has 1 aliphatic heterocycles. The van der Waals surface area contributed by atoms with Crippen LogP contribution in [-0.4, -0.2) is 36.7 Å². The molecule has 0 amide bonds. The summed E-state index contributed by atoms with van der Waals surface area (Å²) in [7, 11) is 3.43. The Labute approximate surface area is 137 Å². The summed E-state index contributed by atoms with van der Waals surface area (Å²) in [5, 5.41) is 3.06. The fourth-order valence-electron chi connectivity index (χ4n) is 1.93. The number of carbonyl (C=O) groups excluding carboxylic acids is 2. The summed E-state index contributed by atoms with van der Waals surface area (Å²) in [5.41, 5.74) is 0.546. The molecule has 22 heavy (non-hydrogen) atoms. The first kappa shape index (κ1) is 16.4. The molecule has 7 heteroatoms. The quantitative estimate of drug-likeness (QED) is 0.502. The first-order valence-electron chi connectivity index (χ1n) is 6.61. The summed E-state index contributed by atoms with van der Waals surface area (Å²) in [6, 6.07) is 7.37. The van der Waals surface area contributed by atoms with Crippen molar-refractivity contribution >= 4 is 33.6 Å². The van der Waals surface area contributed by atoms with Crippen molar-refractivity contribution in [1.82, 2.24) is 4.90 Å². The maximum atomic E-state index is 12.2. The van der Waals surface area contributed by atoms with Crippen LogP contribution in [-0.2, 0) is 19.1 Å². The molecule has 0 saturated carbocycles. The van der Waals surface area contributed by atoms with Crippen molar-refractivity contribution in [2.75, 3.05) is 19.4 Å². The van der Waals surface area contributed by atoms with Gasteiger partial charge >= 0.3 is 11.9 Å². The third-order valence-corrected chi connectivity index (χ3v) is 3.59. The Hall–Kier alpha value is -2.02. The molecule has 0 aliphatic carbocycles. The number of carbonyl (C=O) groups is 2. The zero-order valence-electron chi connectivity index (χ0n) is 12.8. The number of esters is 2. The van der Waals surface area contributed by atoms with Crippen molar-refractivity contribution in [3.05, 3.63) is 40.1 Å². The minimum absolute atomic E-state index is 0.167. The van der Waals surface area contributed by atoms with Crippen molar-refractivity contribution in [3.8, 4) is 0 Å². The van der Waals surface area contributed by atoms with E-state index in [4.69, 9.17) is 9.47 Å². The molecule has 0 spiro atoms. The smallest absolute Gasteiger partial charge is 0.352 e. The van der Waals surface area contributed by atoms with Crippen molar-refractivity contribution in [2.24, 2.45) is 0 Å². The molecule has 0 aromatic heterocycles. The number of anilines is 1. The van der Waals surface area contributed by atoms with Crippen LogP contribution in [0.2, 0.25) is 0 Å². The molecule has 1 saturated heterocycles. The van der Waals surface area contributed by atoms with Gasteiger partial charge in [0.15, 0.2) is 5.57 Å². The highest BCUT2D eigenvalue weighted by atomic mass is 79.9. The second kappa shape index (κ2) is 6.00. The lowest BCUT2D eigenvalue weighted by molar-refractivity contribution is -0.222. The van der Waals surface area contributed by atoms with E-state index in [9.17, 15) is 9.59 Å². The number of cyclic esters (lactones) is 2. The topological polar surface area (TPSA) is 67.9 Å². The molecule has 0 bridgehead atoms. The Morgan fingerprint density at radius 1 is 1.14 bits per heavy atom. The molecular weight excluding hydrogens is 352 g/mol. The molecule has 1 aliphatic rings. The lowest BCUT2D eigenvalue weighted by Crippen LogP contribution is -2.44. The van der Waals surface area contributed by atoms with Gasteiger partial charge in [0, 0.05) is 32.4 Å². The number of halogens is 1. The fourth-order valence-corrected chi connectivity index (χ4v) is 2.32. The zero-order valence-corrected chi connectivity index (χ0v) is 14.4. The number of rotatable bonds is 3. The monoisotopic (exact) mass is 368 g/mol. The van der Waals surface area contributed by atoms with Crippen LogP contribution in [0.5, 0.6) is 0 Å². The van der Waals surface area contributed by atoms with Crippen molar-refractivity contribution in [1.29, 1.82) is 0 Å². The Morgan fingerprint density at radius 3 is 2.18 bits per heavy atom. The third kappa shape index (κ3) is 3.41. The summed E-state index contributed by atoms with van der Waals surface area (Å²) in [4.78, 5) is 26.0. The molecule has 1 aromatic rings. The molecular formula is C15H17BrN2O4. The second-order valence-corrected chi connectivity index (χ2v) is 6.26. The second-order valence-electron chi connectivity index (χ2n) is 5.40. The van der Waals surface area contributed by atoms with Crippen LogP contribution < -0.4 is 5.32 Å². The third-order valence-electron chi connectivity index (χ3n) is 2.90. The molecule has 1 heterocycles. The fraction of sp³-hybridized carbons (Fsp3) is 0.333. The van der Waals surface area contributed by atoms with Crippen molar-refractivity contribution < 1.29 is 19.1 Å². The highest BCUT2D eigenvalue weighted by Crippen LogP contribution is 2.28. The van der Waals surface area contributed by atoms with Gasteiger partial charge < -0.3 is 19.7 Å². The van der Waals surface area contributed by atoms with Crippen LogP contribution in [0.15, 0.2) is 40.1 Å². The summed E-state index contributed by atoms with van der Waals surface area (Å²) in [6.45, 7) is 3.02. The SMILES string of the molecule is CN(C)C(Nc1ccccc1Br)=C1C(=O)OC(C)(C)OC1=O. The Kier molecular flexibility index (Phi) is 4.46. The average Bonchev–Trinajstić information content (AvgIpc) is 2.37. The van der Waals surface area contributed by atoms with E-state index in [0.29, 0.717) is 11.5 Å². The van der Waals surface area contributed by atoms with Crippen LogP contribution in [0, 0.1) is 0 Å². The minimum atomic E-state index is -1.26. The zero-order chi connectivity index (χ0) is 16.5.